The molecule has 0 fully saturated rings. The van der Waals surface area contributed by atoms with Gasteiger partial charge in [0, 0.05) is 26.7 Å². The Balaban J connectivity index is 2.63. The SMILES string of the molecule is CCCN(CC)CCNC(=NC)NCc1cc(OC)c(OC)c(OC)c1. The van der Waals surface area contributed by atoms with E-state index in [0.29, 0.717) is 23.8 Å². The average molecular weight is 367 g/mol. The van der Waals surface area contributed by atoms with E-state index >= 15 is 0 Å². The molecule has 26 heavy (non-hydrogen) atoms. The van der Waals surface area contributed by atoms with Crippen molar-refractivity contribution in [2.45, 2.75) is 26.8 Å². The van der Waals surface area contributed by atoms with Crippen molar-refractivity contribution in [1.82, 2.24) is 15.5 Å². The molecule has 0 aliphatic rings. The van der Waals surface area contributed by atoms with E-state index < -0.39 is 0 Å². The lowest BCUT2D eigenvalue weighted by atomic mass is 10.2. The molecule has 0 unspecified atom stereocenters. The summed E-state index contributed by atoms with van der Waals surface area (Å²) in [4.78, 5) is 6.70. The molecular formula is C19H34N4O3. The van der Waals surface area contributed by atoms with E-state index in [9.17, 15) is 0 Å². The first-order chi connectivity index (χ1) is 12.6. The molecule has 0 aromatic heterocycles. The summed E-state index contributed by atoms with van der Waals surface area (Å²) < 4.78 is 16.1. The topological polar surface area (TPSA) is 67.4 Å². The maximum atomic E-state index is 5.39. The second-order valence-corrected chi connectivity index (χ2v) is 5.82. The zero-order valence-electron chi connectivity index (χ0n) is 17.0. The Morgan fingerprint density at radius 2 is 1.65 bits per heavy atom. The van der Waals surface area contributed by atoms with Crippen LogP contribution in [-0.2, 0) is 6.54 Å². The third kappa shape index (κ3) is 6.63. The molecule has 2 N–H and O–H groups in total. The first-order valence-corrected chi connectivity index (χ1v) is 9.09. The predicted octanol–water partition coefficient (Wildman–Crippen LogP) is 2.11. The van der Waals surface area contributed by atoms with Crippen molar-refractivity contribution in [2.75, 3.05) is 54.6 Å². The van der Waals surface area contributed by atoms with Gasteiger partial charge in [0.1, 0.15) is 0 Å². The molecule has 0 radical (unpaired) electrons. The van der Waals surface area contributed by atoms with Gasteiger partial charge in [0.2, 0.25) is 5.75 Å². The summed E-state index contributed by atoms with van der Waals surface area (Å²) in [6.45, 7) is 9.02. The van der Waals surface area contributed by atoms with Crippen LogP contribution >= 0.6 is 0 Å². The number of aliphatic imine (C=N–C) groups is 1. The molecule has 0 bridgehead atoms. The van der Waals surface area contributed by atoms with E-state index in [2.05, 4.69) is 34.4 Å². The lowest BCUT2D eigenvalue weighted by Gasteiger charge is -2.20. The average Bonchev–Trinajstić information content (AvgIpc) is 2.68. The molecule has 7 nitrogen and oxygen atoms in total. The Morgan fingerprint density at radius 1 is 1.00 bits per heavy atom. The van der Waals surface area contributed by atoms with Crippen LogP contribution in [0.25, 0.3) is 0 Å². The summed E-state index contributed by atoms with van der Waals surface area (Å²) in [6, 6.07) is 3.86. The number of methoxy groups -OCH3 is 3. The number of hydrogen-bond acceptors (Lipinski definition) is 5. The van der Waals surface area contributed by atoms with Crippen LogP contribution in [0.2, 0.25) is 0 Å². The van der Waals surface area contributed by atoms with Gasteiger partial charge in [0.25, 0.3) is 0 Å². The first-order valence-electron chi connectivity index (χ1n) is 9.09. The van der Waals surface area contributed by atoms with Gasteiger partial charge in [-0.05, 0) is 37.2 Å². The van der Waals surface area contributed by atoms with E-state index in [1.807, 2.05) is 12.1 Å². The second kappa shape index (κ2) is 12.2. The summed E-state index contributed by atoms with van der Waals surface area (Å²) in [6.07, 6.45) is 1.17. The Labute approximate surface area is 157 Å². The van der Waals surface area contributed by atoms with Crippen molar-refractivity contribution in [2.24, 2.45) is 4.99 Å². The molecule has 148 valence electrons. The second-order valence-electron chi connectivity index (χ2n) is 5.82. The standard InChI is InChI=1S/C19H34N4O3/c1-7-10-23(8-2)11-9-21-19(20-3)22-14-15-12-16(24-4)18(26-6)17(13-15)25-5/h12-13H,7-11,14H2,1-6H3,(H2,20,21,22). The minimum absolute atomic E-state index is 0.594. The third-order valence-electron chi connectivity index (χ3n) is 4.12. The number of likely N-dealkylation sites (N-methyl/N-ethyl adjacent to an activating group) is 1. The molecule has 1 rings (SSSR count). The summed E-state index contributed by atoms with van der Waals surface area (Å²) >= 11 is 0. The van der Waals surface area contributed by atoms with Crippen LogP contribution in [-0.4, -0.2) is 65.4 Å². The highest BCUT2D eigenvalue weighted by molar-refractivity contribution is 5.79. The number of rotatable bonds is 11. The van der Waals surface area contributed by atoms with Gasteiger partial charge in [0.15, 0.2) is 17.5 Å². The molecule has 0 amide bonds. The van der Waals surface area contributed by atoms with E-state index in [0.717, 1.165) is 37.7 Å². The molecule has 0 saturated carbocycles. The van der Waals surface area contributed by atoms with Gasteiger partial charge >= 0.3 is 0 Å². The van der Waals surface area contributed by atoms with Crippen LogP contribution in [0.1, 0.15) is 25.8 Å². The van der Waals surface area contributed by atoms with Crippen LogP contribution in [0.15, 0.2) is 17.1 Å². The Morgan fingerprint density at radius 3 is 2.12 bits per heavy atom. The van der Waals surface area contributed by atoms with Crippen molar-refractivity contribution >= 4 is 5.96 Å². The molecule has 7 heteroatoms. The summed E-state index contributed by atoms with van der Waals surface area (Å²) in [5.41, 5.74) is 1.02. The largest absolute Gasteiger partial charge is 0.493 e. The highest BCUT2D eigenvalue weighted by Gasteiger charge is 2.13. The highest BCUT2D eigenvalue weighted by atomic mass is 16.5. The number of benzene rings is 1. The van der Waals surface area contributed by atoms with Gasteiger partial charge < -0.3 is 29.7 Å². The maximum Gasteiger partial charge on any atom is 0.203 e. The highest BCUT2D eigenvalue weighted by Crippen LogP contribution is 2.38. The minimum atomic E-state index is 0.594. The molecule has 0 aliphatic heterocycles. The number of nitrogens with zero attached hydrogens (tertiary/aromatic N) is 2. The van der Waals surface area contributed by atoms with Crippen molar-refractivity contribution < 1.29 is 14.2 Å². The number of ether oxygens (including phenoxy) is 3. The maximum absolute atomic E-state index is 5.39. The number of guanidine groups is 1. The molecular weight excluding hydrogens is 332 g/mol. The van der Waals surface area contributed by atoms with Crippen LogP contribution in [0, 0.1) is 0 Å². The fraction of sp³-hybridized carbons (Fsp3) is 0.632. The Bertz CT molecular complexity index is 539. The molecule has 0 spiro atoms. The molecule has 0 heterocycles. The van der Waals surface area contributed by atoms with Crippen molar-refractivity contribution in [3.63, 3.8) is 0 Å². The normalized spacial score (nSPS) is 11.4. The molecule has 0 aliphatic carbocycles. The van der Waals surface area contributed by atoms with Gasteiger partial charge in [0.05, 0.1) is 21.3 Å². The molecule has 0 atom stereocenters. The number of hydrogen-bond donors (Lipinski definition) is 2. The number of nitrogens with one attached hydrogen (secondary N) is 2. The summed E-state index contributed by atoms with van der Waals surface area (Å²) in [5, 5.41) is 6.67. The van der Waals surface area contributed by atoms with Gasteiger partial charge in [-0.1, -0.05) is 13.8 Å². The van der Waals surface area contributed by atoms with E-state index in [1.165, 1.54) is 6.42 Å². The van der Waals surface area contributed by atoms with Gasteiger partial charge in [-0.25, -0.2) is 0 Å². The zero-order valence-corrected chi connectivity index (χ0v) is 17.0. The van der Waals surface area contributed by atoms with Crippen molar-refractivity contribution in [1.29, 1.82) is 0 Å². The molecule has 1 aromatic carbocycles. The monoisotopic (exact) mass is 366 g/mol. The van der Waals surface area contributed by atoms with E-state index in [-0.39, 0.29) is 0 Å². The van der Waals surface area contributed by atoms with Crippen LogP contribution in [0.3, 0.4) is 0 Å². The molecule has 0 saturated heterocycles. The van der Waals surface area contributed by atoms with Gasteiger partial charge in [-0.15, -0.1) is 0 Å². The predicted molar refractivity (Wildman–Crippen MR) is 107 cm³/mol. The Hall–Kier alpha value is -2.15. The van der Waals surface area contributed by atoms with Crippen molar-refractivity contribution in [3.8, 4) is 17.2 Å². The van der Waals surface area contributed by atoms with Gasteiger partial charge in [-0.2, -0.15) is 0 Å². The zero-order chi connectivity index (χ0) is 19.4. The van der Waals surface area contributed by atoms with Crippen molar-refractivity contribution in [3.05, 3.63) is 17.7 Å². The van der Waals surface area contributed by atoms with Gasteiger partial charge in [-0.3, -0.25) is 4.99 Å². The lowest BCUT2D eigenvalue weighted by Crippen LogP contribution is -2.41. The van der Waals surface area contributed by atoms with Crippen LogP contribution < -0.4 is 24.8 Å². The Kier molecular flexibility index (Phi) is 10.3. The first kappa shape index (κ1) is 21.9. The van der Waals surface area contributed by atoms with E-state index in [1.54, 1.807) is 28.4 Å². The molecule has 1 aromatic rings. The smallest absolute Gasteiger partial charge is 0.203 e. The van der Waals surface area contributed by atoms with Crippen LogP contribution in [0.5, 0.6) is 17.2 Å². The lowest BCUT2D eigenvalue weighted by molar-refractivity contribution is 0.293. The summed E-state index contributed by atoms with van der Waals surface area (Å²) in [7, 11) is 6.60. The minimum Gasteiger partial charge on any atom is -0.493 e. The fourth-order valence-electron chi connectivity index (χ4n) is 2.72. The third-order valence-corrected chi connectivity index (χ3v) is 4.12. The summed E-state index contributed by atoms with van der Waals surface area (Å²) in [5.74, 6) is 2.65. The van der Waals surface area contributed by atoms with E-state index in [4.69, 9.17) is 14.2 Å². The fourth-order valence-corrected chi connectivity index (χ4v) is 2.72. The quantitative estimate of drug-likeness (QED) is 0.462. The van der Waals surface area contributed by atoms with Crippen LogP contribution in [0.4, 0.5) is 0 Å².